The second kappa shape index (κ2) is 7.41. The lowest BCUT2D eigenvalue weighted by Gasteiger charge is -2.22. The Morgan fingerprint density at radius 1 is 1.15 bits per heavy atom. The minimum Gasteiger partial charge on any atom is -0.398 e. The van der Waals surface area contributed by atoms with E-state index in [1.807, 2.05) is 30.5 Å². The van der Waals surface area contributed by atoms with Crippen LogP contribution in [0.4, 0.5) is 5.69 Å². The molecule has 0 aliphatic heterocycles. The Labute approximate surface area is 129 Å². The van der Waals surface area contributed by atoms with Crippen LogP contribution >= 0.6 is 15.9 Å². The first-order valence-electron chi connectivity index (χ1n) is 6.85. The van der Waals surface area contributed by atoms with E-state index in [1.54, 1.807) is 0 Å². The number of nitrogens with zero attached hydrogens (tertiary/aromatic N) is 2. The molecule has 1 aromatic carbocycles. The molecular weight excluding hydrogens is 314 g/mol. The van der Waals surface area contributed by atoms with Crippen molar-refractivity contribution in [2.24, 2.45) is 0 Å². The van der Waals surface area contributed by atoms with Crippen LogP contribution in [-0.4, -0.2) is 16.4 Å². The molecule has 0 saturated heterocycles. The number of nitrogens with two attached hydrogens (primary N) is 1. The predicted octanol–water partition coefficient (Wildman–Crippen LogP) is 3.84. The first-order valence-corrected chi connectivity index (χ1v) is 7.64. The molecule has 4 heteroatoms. The van der Waals surface area contributed by atoms with Crippen LogP contribution in [0.5, 0.6) is 0 Å². The molecule has 0 aliphatic carbocycles. The van der Waals surface area contributed by atoms with Crippen molar-refractivity contribution in [3.63, 3.8) is 0 Å². The van der Waals surface area contributed by atoms with E-state index in [9.17, 15) is 0 Å². The predicted molar refractivity (Wildman–Crippen MR) is 87.2 cm³/mol. The minimum atomic E-state index is 0.843. The summed E-state index contributed by atoms with van der Waals surface area (Å²) in [7, 11) is 0. The molecule has 1 heterocycles. The van der Waals surface area contributed by atoms with E-state index in [1.165, 1.54) is 5.56 Å². The lowest BCUT2D eigenvalue weighted by Crippen LogP contribution is -2.24. The van der Waals surface area contributed by atoms with Gasteiger partial charge in [-0.3, -0.25) is 9.88 Å². The Bertz CT molecular complexity index is 540. The van der Waals surface area contributed by atoms with E-state index in [2.05, 4.69) is 44.9 Å². The van der Waals surface area contributed by atoms with Gasteiger partial charge in [0.1, 0.15) is 0 Å². The smallest absolute Gasteiger partial charge is 0.0544 e. The molecule has 3 nitrogen and oxygen atoms in total. The number of rotatable bonds is 6. The molecule has 0 aliphatic rings. The molecule has 1 aromatic heterocycles. The quantitative estimate of drug-likeness (QED) is 0.816. The maximum atomic E-state index is 6.03. The van der Waals surface area contributed by atoms with Crippen molar-refractivity contribution in [3.8, 4) is 0 Å². The van der Waals surface area contributed by atoms with Gasteiger partial charge in [0.05, 0.1) is 5.69 Å². The number of anilines is 1. The SMILES string of the molecule is CCCN(Cc1ccc(Br)cn1)Cc1ccccc1N. The summed E-state index contributed by atoms with van der Waals surface area (Å²) in [6, 6.07) is 12.1. The fraction of sp³-hybridized carbons (Fsp3) is 0.312. The number of halogens is 1. The number of benzene rings is 1. The highest BCUT2D eigenvalue weighted by Crippen LogP contribution is 2.16. The van der Waals surface area contributed by atoms with E-state index in [4.69, 9.17) is 5.73 Å². The van der Waals surface area contributed by atoms with Gasteiger partial charge in [0.2, 0.25) is 0 Å². The highest BCUT2D eigenvalue weighted by atomic mass is 79.9. The summed E-state index contributed by atoms with van der Waals surface area (Å²) in [5.74, 6) is 0. The van der Waals surface area contributed by atoms with Crippen LogP contribution in [0.2, 0.25) is 0 Å². The maximum absolute atomic E-state index is 6.03. The lowest BCUT2D eigenvalue weighted by molar-refractivity contribution is 0.254. The number of aromatic nitrogens is 1. The van der Waals surface area contributed by atoms with Crippen LogP contribution in [-0.2, 0) is 13.1 Å². The molecule has 106 valence electrons. The van der Waals surface area contributed by atoms with E-state index >= 15 is 0 Å². The summed E-state index contributed by atoms with van der Waals surface area (Å²) in [4.78, 5) is 6.82. The summed E-state index contributed by atoms with van der Waals surface area (Å²) in [5.41, 5.74) is 9.15. The Morgan fingerprint density at radius 2 is 1.95 bits per heavy atom. The van der Waals surface area contributed by atoms with E-state index in [0.29, 0.717) is 0 Å². The van der Waals surface area contributed by atoms with Gasteiger partial charge in [0, 0.05) is 29.4 Å². The Balaban J connectivity index is 2.07. The van der Waals surface area contributed by atoms with E-state index < -0.39 is 0 Å². The normalized spacial score (nSPS) is 10.9. The Kier molecular flexibility index (Phi) is 5.56. The second-order valence-corrected chi connectivity index (χ2v) is 5.79. The van der Waals surface area contributed by atoms with Crippen molar-refractivity contribution >= 4 is 21.6 Å². The third-order valence-corrected chi connectivity index (χ3v) is 3.63. The number of nitrogen functional groups attached to an aromatic ring is 1. The largest absolute Gasteiger partial charge is 0.398 e. The van der Waals surface area contributed by atoms with Crippen molar-refractivity contribution in [2.45, 2.75) is 26.4 Å². The van der Waals surface area contributed by atoms with Crippen LogP contribution in [0.15, 0.2) is 47.1 Å². The van der Waals surface area contributed by atoms with Gasteiger partial charge in [0.25, 0.3) is 0 Å². The van der Waals surface area contributed by atoms with Gasteiger partial charge in [-0.05, 0) is 52.7 Å². The summed E-state index contributed by atoms with van der Waals surface area (Å²) in [5, 5.41) is 0. The van der Waals surface area contributed by atoms with Crippen LogP contribution in [0.1, 0.15) is 24.6 Å². The topological polar surface area (TPSA) is 42.2 Å². The zero-order chi connectivity index (χ0) is 14.4. The molecule has 0 bridgehead atoms. The van der Waals surface area contributed by atoms with Crippen LogP contribution in [0.25, 0.3) is 0 Å². The molecule has 0 amide bonds. The molecule has 2 N–H and O–H groups in total. The molecule has 0 atom stereocenters. The number of para-hydroxylation sites is 1. The molecule has 2 rings (SSSR count). The molecule has 20 heavy (non-hydrogen) atoms. The number of hydrogen-bond donors (Lipinski definition) is 1. The van der Waals surface area contributed by atoms with Gasteiger partial charge in [0.15, 0.2) is 0 Å². The van der Waals surface area contributed by atoms with Crippen molar-refractivity contribution in [1.29, 1.82) is 0 Å². The van der Waals surface area contributed by atoms with Gasteiger partial charge in [-0.2, -0.15) is 0 Å². The van der Waals surface area contributed by atoms with Crippen LogP contribution in [0, 0.1) is 0 Å². The third-order valence-electron chi connectivity index (χ3n) is 3.16. The van der Waals surface area contributed by atoms with Gasteiger partial charge in [-0.25, -0.2) is 0 Å². The monoisotopic (exact) mass is 333 g/mol. The lowest BCUT2D eigenvalue weighted by atomic mass is 10.1. The van der Waals surface area contributed by atoms with Crippen molar-refractivity contribution in [3.05, 3.63) is 58.3 Å². The average molecular weight is 334 g/mol. The third kappa shape index (κ3) is 4.32. The summed E-state index contributed by atoms with van der Waals surface area (Å²) >= 11 is 3.41. The van der Waals surface area contributed by atoms with E-state index in [-0.39, 0.29) is 0 Å². The highest BCUT2D eigenvalue weighted by Gasteiger charge is 2.08. The number of hydrogen-bond acceptors (Lipinski definition) is 3. The van der Waals surface area contributed by atoms with Crippen molar-refractivity contribution in [1.82, 2.24) is 9.88 Å². The molecule has 0 spiro atoms. The average Bonchev–Trinajstić information content (AvgIpc) is 2.44. The van der Waals surface area contributed by atoms with Crippen molar-refractivity contribution < 1.29 is 0 Å². The summed E-state index contributed by atoms with van der Waals surface area (Å²) < 4.78 is 1.01. The zero-order valence-electron chi connectivity index (χ0n) is 11.7. The fourth-order valence-corrected chi connectivity index (χ4v) is 2.41. The molecule has 2 aromatic rings. The minimum absolute atomic E-state index is 0.843. The molecule has 0 radical (unpaired) electrons. The molecule has 0 unspecified atom stereocenters. The fourth-order valence-electron chi connectivity index (χ4n) is 2.18. The Morgan fingerprint density at radius 3 is 2.60 bits per heavy atom. The molecular formula is C16H20BrN3. The molecule has 0 fully saturated rings. The first kappa shape index (κ1) is 15.0. The van der Waals surface area contributed by atoms with Crippen molar-refractivity contribution in [2.75, 3.05) is 12.3 Å². The highest BCUT2D eigenvalue weighted by molar-refractivity contribution is 9.10. The van der Waals surface area contributed by atoms with E-state index in [0.717, 1.165) is 41.9 Å². The van der Waals surface area contributed by atoms with Gasteiger partial charge in [-0.15, -0.1) is 0 Å². The van der Waals surface area contributed by atoms with Gasteiger partial charge in [-0.1, -0.05) is 25.1 Å². The Hall–Kier alpha value is -1.39. The maximum Gasteiger partial charge on any atom is 0.0544 e. The zero-order valence-corrected chi connectivity index (χ0v) is 13.3. The summed E-state index contributed by atoms with van der Waals surface area (Å²) in [6.45, 7) is 4.93. The second-order valence-electron chi connectivity index (χ2n) is 4.88. The summed E-state index contributed by atoms with van der Waals surface area (Å²) in [6.07, 6.45) is 2.96. The van der Waals surface area contributed by atoms with Crippen LogP contribution in [0.3, 0.4) is 0 Å². The number of pyridine rings is 1. The van der Waals surface area contributed by atoms with Crippen LogP contribution < -0.4 is 5.73 Å². The standard InChI is InChI=1S/C16H20BrN3/c1-2-9-20(11-13-5-3-4-6-16(13)18)12-15-8-7-14(17)10-19-15/h3-8,10H,2,9,11-12,18H2,1H3. The first-order chi connectivity index (χ1) is 9.69. The van der Waals surface area contributed by atoms with Gasteiger partial charge < -0.3 is 5.73 Å². The van der Waals surface area contributed by atoms with Gasteiger partial charge >= 0.3 is 0 Å². The molecule has 0 saturated carbocycles.